The lowest BCUT2D eigenvalue weighted by Gasteiger charge is -2.33. The van der Waals surface area contributed by atoms with Crippen LogP contribution in [0.2, 0.25) is 0 Å². The predicted molar refractivity (Wildman–Crippen MR) is 91.0 cm³/mol. The lowest BCUT2D eigenvalue weighted by Crippen LogP contribution is -2.40. The molecule has 1 saturated heterocycles. The van der Waals surface area contributed by atoms with Gasteiger partial charge >= 0.3 is 0 Å². The number of aryl methyl sites for hydroxylation is 2. The fourth-order valence-corrected chi connectivity index (χ4v) is 3.56. The van der Waals surface area contributed by atoms with Crippen LogP contribution in [0, 0.1) is 13.8 Å². The molecule has 130 valence electrons. The monoisotopic (exact) mass is 330 g/mol. The first kappa shape index (κ1) is 16.7. The standard InChI is InChI=1S/C17H26N6O/c1-11(2)23-10-18-19-16(23)14-7-6-8-22(9-14)17(24)15-12(3)20-21(5)13(15)4/h10-11,14H,6-9H2,1-5H3/t14-/m1/s1. The maximum Gasteiger partial charge on any atom is 0.257 e. The van der Waals surface area contributed by atoms with Crippen LogP contribution in [0.15, 0.2) is 6.33 Å². The highest BCUT2D eigenvalue weighted by Crippen LogP contribution is 2.28. The number of hydrogen-bond donors (Lipinski definition) is 0. The molecule has 7 nitrogen and oxygen atoms in total. The summed E-state index contributed by atoms with van der Waals surface area (Å²) >= 11 is 0. The Labute approximate surface area is 142 Å². The first-order valence-corrected chi connectivity index (χ1v) is 8.59. The predicted octanol–water partition coefficient (Wildman–Crippen LogP) is 2.23. The number of amides is 1. The second-order valence-corrected chi connectivity index (χ2v) is 6.95. The zero-order chi connectivity index (χ0) is 17.4. The van der Waals surface area contributed by atoms with Crippen LogP contribution in [-0.4, -0.2) is 48.4 Å². The third-order valence-electron chi connectivity index (χ3n) is 4.95. The van der Waals surface area contributed by atoms with Gasteiger partial charge in [-0.25, -0.2) is 0 Å². The molecule has 2 aromatic rings. The zero-order valence-electron chi connectivity index (χ0n) is 15.2. The van der Waals surface area contributed by atoms with Crippen molar-refractivity contribution in [2.45, 2.75) is 52.5 Å². The summed E-state index contributed by atoms with van der Waals surface area (Å²) in [7, 11) is 1.88. The van der Waals surface area contributed by atoms with Crippen LogP contribution in [0.5, 0.6) is 0 Å². The average Bonchev–Trinajstić information content (AvgIpc) is 3.13. The number of rotatable bonds is 3. The zero-order valence-corrected chi connectivity index (χ0v) is 15.2. The van der Waals surface area contributed by atoms with E-state index in [9.17, 15) is 4.79 Å². The van der Waals surface area contributed by atoms with E-state index in [4.69, 9.17) is 0 Å². The van der Waals surface area contributed by atoms with Gasteiger partial charge in [-0.05, 0) is 40.5 Å². The van der Waals surface area contributed by atoms with Crippen LogP contribution >= 0.6 is 0 Å². The summed E-state index contributed by atoms with van der Waals surface area (Å²) in [6.07, 6.45) is 3.82. The Morgan fingerprint density at radius 3 is 2.71 bits per heavy atom. The highest BCUT2D eigenvalue weighted by Gasteiger charge is 2.31. The normalized spacial score (nSPS) is 18.4. The minimum atomic E-state index is 0.0819. The number of carbonyl (C=O) groups is 1. The molecule has 0 N–H and O–H groups in total. The summed E-state index contributed by atoms with van der Waals surface area (Å²) in [4.78, 5) is 15.0. The molecule has 0 spiro atoms. The third kappa shape index (κ3) is 2.83. The Balaban J connectivity index is 1.83. The van der Waals surface area contributed by atoms with Crippen molar-refractivity contribution in [1.29, 1.82) is 0 Å². The summed E-state index contributed by atoms with van der Waals surface area (Å²) in [6, 6.07) is 0.323. The second kappa shape index (κ2) is 6.37. The number of aromatic nitrogens is 5. The van der Waals surface area contributed by atoms with Crippen molar-refractivity contribution in [2.75, 3.05) is 13.1 Å². The Bertz CT molecular complexity index is 744. The van der Waals surface area contributed by atoms with Crippen LogP contribution in [0.1, 0.15) is 66.2 Å². The van der Waals surface area contributed by atoms with Gasteiger partial charge in [0.25, 0.3) is 5.91 Å². The van der Waals surface area contributed by atoms with Crippen molar-refractivity contribution in [3.63, 3.8) is 0 Å². The van der Waals surface area contributed by atoms with E-state index in [2.05, 4.69) is 33.7 Å². The highest BCUT2D eigenvalue weighted by molar-refractivity contribution is 5.96. The molecular formula is C17H26N6O. The van der Waals surface area contributed by atoms with Crippen LogP contribution < -0.4 is 0 Å². The molecule has 3 rings (SSSR count). The van der Waals surface area contributed by atoms with Crippen LogP contribution in [0.4, 0.5) is 0 Å². The van der Waals surface area contributed by atoms with E-state index in [-0.39, 0.29) is 11.8 Å². The van der Waals surface area contributed by atoms with Crippen molar-refractivity contribution >= 4 is 5.91 Å². The van der Waals surface area contributed by atoms with E-state index < -0.39 is 0 Å². The van der Waals surface area contributed by atoms with E-state index >= 15 is 0 Å². The molecule has 2 aromatic heterocycles. The Kier molecular flexibility index (Phi) is 4.43. The maximum absolute atomic E-state index is 13.0. The molecule has 0 unspecified atom stereocenters. The third-order valence-corrected chi connectivity index (χ3v) is 4.95. The molecule has 24 heavy (non-hydrogen) atoms. The molecule has 0 aliphatic carbocycles. The maximum atomic E-state index is 13.0. The number of nitrogens with zero attached hydrogens (tertiary/aromatic N) is 6. The fraction of sp³-hybridized carbons (Fsp3) is 0.647. The van der Waals surface area contributed by atoms with Crippen molar-refractivity contribution in [1.82, 2.24) is 29.4 Å². The summed E-state index contributed by atoms with van der Waals surface area (Å²) in [5, 5.41) is 12.8. The Morgan fingerprint density at radius 2 is 2.08 bits per heavy atom. The molecule has 1 aliphatic rings. The highest BCUT2D eigenvalue weighted by atomic mass is 16.2. The van der Waals surface area contributed by atoms with Crippen molar-refractivity contribution < 1.29 is 4.79 Å². The molecule has 0 bridgehead atoms. The molecule has 1 aliphatic heterocycles. The second-order valence-electron chi connectivity index (χ2n) is 6.95. The van der Waals surface area contributed by atoms with Gasteiger partial charge in [-0.1, -0.05) is 0 Å². The number of likely N-dealkylation sites (tertiary alicyclic amines) is 1. The summed E-state index contributed by atoms with van der Waals surface area (Å²) in [5.74, 6) is 1.31. The first-order chi connectivity index (χ1) is 11.4. The topological polar surface area (TPSA) is 68.8 Å². The molecule has 0 radical (unpaired) electrons. The molecule has 0 aromatic carbocycles. The summed E-state index contributed by atoms with van der Waals surface area (Å²) in [5.41, 5.74) is 2.46. The van der Waals surface area contributed by atoms with Gasteiger partial charge in [-0.15, -0.1) is 10.2 Å². The van der Waals surface area contributed by atoms with Crippen molar-refractivity contribution in [2.24, 2.45) is 7.05 Å². The SMILES string of the molecule is Cc1nn(C)c(C)c1C(=O)N1CCC[C@@H](c2nncn2C(C)C)C1. The molecule has 1 fully saturated rings. The fourth-order valence-electron chi connectivity index (χ4n) is 3.56. The average molecular weight is 330 g/mol. The molecule has 3 heterocycles. The largest absolute Gasteiger partial charge is 0.338 e. The van der Waals surface area contributed by atoms with Gasteiger partial charge in [-0.2, -0.15) is 5.10 Å². The summed E-state index contributed by atoms with van der Waals surface area (Å²) < 4.78 is 3.89. The van der Waals surface area contributed by atoms with E-state index in [0.29, 0.717) is 12.6 Å². The van der Waals surface area contributed by atoms with Gasteiger partial charge in [0, 0.05) is 37.8 Å². The minimum absolute atomic E-state index is 0.0819. The van der Waals surface area contributed by atoms with Crippen LogP contribution in [0.25, 0.3) is 0 Å². The van der Waals surface area contributed by atoms with E-state index in [1.165, 1.54) is 0 Å². The lowest BCUT2D eigenvalue weighted by atomic mass is 9.96. The van der Waals surface area contributed by atoms with E-state index in [0.717, 1.165) is 42.2 Å². The molecule has 0 saturated carbocycles. The van der Waals surface area contributed by atoms with Gasteiger partial charge in [-0.3, -0.25) is 9.48 Å². The first-order valence-electron chi connectivity index (χ1n) is 8.59. The number of hydrogen-bond acceptors (Lipinski definition) is 4. The van der Waals surface area contributed by atoms with E-state index in [1.807, 2.05) is 25.8 Å². The Hall–Kier alpha value is -2.18. The van der Waals surface area contributed by atoms with Crippen LogP contribution in [-0.2, 0) is 7.05 Å². The van der Waals surface area contributed by atoms with Gasteiger partial charge in [0.2, 0.25) is 0 Å². The molecule has 1 amide bonds. The van der Waals surface area contributed by atoms with Gasteiger partial charge in [0.05, 0.1) is 11.3 Å². The Morgan fingerprint density at radius 1 is 1.33 bits per heavy atom. The quantitative estimate of drug-likeness (QED) is 0.865. The van der Waals surface area contributed by atoms with E-state index in [1.54, 1.807) is 11.0 Å². The van der Waals surface area contributed by atoms with Crippen molar-refractivity contribution in [3.05, 3.63) is 29.1 Å². The van der Waals surface area contributed by atoms with Crippen molar-refractivity contribution in [3.8, 4) is 0 Å². The lowest BCUT2D eigenvalue weighted by molar-refractivity contribution is 0.0701. The molecule has 1 atom stereocenters. The summed E-state index contributed by atoms with van der Waals surface area (Å²) in [6.45, 7) is 9.58. The smallest absolute Gasteiger partial charge is 0.257 e. The molecular weight excluding hydrogens is 304 g/mol. The van der Waals surface area contributed by atoms with Gasteiger partial charge in [0.15, 0.2) is 0 Å². The number of carbonyl (C=O) groups excluding carboxylic acids is 1. The number of piperidine rings is 1. The molecule has 7 heteroatoms. The van der Waals surface area contributed by atoms with Gasteiger partial charge < -0.3 is 9.47 Å². The van der Waals surface area contributed by atoms with Gasteiger partial charge in [0.1, 0.15) is 12.2 Å². The minimum Gasteiger partial charge on any atom is -0.338 e. The van der Waals surface area contributed by atoms with Crippen LogP contribution in [0.3, 0.4) is 0 Å².